The van der Waals surface area contributed by atoms with Crippen LogP contribution in [0.1, 0.15) is 12.0 Å². The highest BCUT2D eigenvalue weighted by Crippen LogP contribution is 2.34. The lowest BCUT2D eigenvalue weighted by molar-refractivity contribution is 0.0376. The van der Waals surface area contributed by atoms with Gasteiger partial charge in [0.15, 0.2) is 17.5 Å². The molecule has 1 aliphatic heterocycles. The molecule has 1 heterocycles. The molecule has 3 N–H and O–H groups in total. The zero-order valence-corrected chi connectivity index (χ0v) is 15.9. The Morgan fingerprint density at radius 2 is 1.77 bits per heavy atom. The lowest BCUT2D eigenvalue weighted by Gasteiger charge is -2.26. The smallest absolute Gasteiger partial charge is 0.188 e. The number of nitrogens with one attached hydrogen (secondary N) is 1. The summed E-state index contributed by atoms with van der Waals surface area (Å²) in [4.78, 5) is 6.79. The Morgan fingerprint density at radius 3 is 2.42 bits per heavy atom. The lowest BCUT2D eigenvalue weighted by atomic mass is 10.1. The number of nitrogens with zero attached hydrogens (tertiary/aromatic N) is 2. The second kappa shape index (κ2) is 10.7. The first-order valence-electron chi connectivity index (χ1n) is 8.80. The van der Waals surface area contributed by atoms with Gasteiger partial charge in [0.2, 0.25) is 0 Å². The number of aliphatic imine (C=N–C) groups is 1. The van der Waals surface area contributed by atoms with Crippen molar-refractivity contribution in [2.75, 3.05) is 60.7 Å². The minimum Gasteiger partial charge on any atom is -0.496 e. The van der Waals surface area contributed by atoms with Gasteiger partial charge >= 0.3 is 0 Å². The van der Waals surface area contributed by atoms with Crippen LogP contribution < -0.4 is 25.3 Å². The Morgan fingerprint density at radius 1 is 1.12 bits per heavy atom. The normalized spacial score (nSPS) is 15.6. The molecule has 0 atom stereocenters. The second-order valence-electron chi connectivity index (χ2n) is 5.95. The summed E-state index contributed by atoms with van der Waals surface area (Å²) in [5, 5.41) is 3.15. The first-order valence-corrected chi connectivity index (χ1v) is 8.80. The van der Waals surface area contributed by atoms with Gasteiger partial charge in [-0.15, -0.1) is 0 Å². The van der Waals surface area contributed by atoms with Gasteiger partial charge in [-0.2, -0.15) is 0 Å². The first kappa shape index (κ1) is 20.1. The Balaban J connectivity index is 1.83. The van der Waals surface area contributed by atoms with Crippen LogP contribution in [-0.4, -0.2) is 71.6 Å². The molecule has 0 aliphatic carbocycles. The average Bonchev–Trinajstić information content (AvgIpc) is 2.69. The Hall–Kier alpha value is -2.19. The molecule has 1 aliphatic rings. The van der Waals surface area contributed by atoms with Gasteiger partial charge in [0, 0.05) is 31.3 Å². The fourth-order valence-corrected chi connectivity index (χ4v) is 2.79. The number of nitrogens with two attached hydrogens (primary N) is 1. The third-order valence-electron chi connectivity index (χ3n) is 4.27. The van der Waals surface area contributed by atoms with Crippen LogP contribution in [0, 0.1) is 0 Å². The zero-order valence-electron chi connectivity index (χ0n) is 15.9. The minimum absolute atomic E-state index is 0.395. The number of benzene rings is 1. The van der Waals surface area contributed by atoms with Gasteiger partial charge in [0.25, 0.3) is 0 Å². The van der Waals surface area contributed by atoms with Crippen molar-refractivity contribution in [1.82, 2.24) is 10.2 Å². The molecule has 26 heavy (non-hydrogen) atoms. The predicted octanol–water partition coefficient (Wildman–Crippen LogP) is 0.839. The van der Waals surface area contributed by atoms with Gasteiger partial charge in [-0.1, -0.05) is 0 Å². The van der Waals surface area contributed by atoms with Gasteiger partial charge in [-0.3, -0.25) is 4.90 Å². The van der Waals surface area contributed by atoms with Crippen LogP contribution in [0.15, 0.2) is 17.1 Å². The molecule has 0 radical (unpaired) electrons. The molecule has 1 saturated heterocycles. The SMILES string of the molecule is COc1cc(OC)c(OC)cc1CN=C(N)NCCCN1CCOCC1. The highest BCUT2D eigenvalue weighted by molar-refractivity contribution is 5.77. The molecular formula is C18H30N4O4. The van der Waals surface area contributed by atoms with E-state index < -0.39 is 0 Å². The molecular weight excluding hydrogens is 336 g/mol. The van der Waals surface area contributed by atoms with Gasteiger partial charge in [-0.05, 0) is 19.0 Å². The van der Waals surface area contributed by atoms with Crippen LogP contribution in [0.2, 0.25) is 0 Å². The minimum atomic E-state index is 0.395. The van der Waals surface area contributed by atoms with E-state index in [-0.39, 0.29) is 0 Å². The third-order valence-corrected chi connectivity index (χ3v) is 4.27. The fraction of sp³-hybridized carbons (Fsp3) is 0.611. The van der Waals surface area contributed by atoms with Gasteiger partial charge < -0.3 is 30.0 Å². The van der Waals surface area contributed by atoms with Crippen molar-refractivity contribution in [3.05, 3.63) is 17.7 Å². The molecule has 146 valence electrons. The van der Waals surface area contributed by atoms with E-state index in [1.54, 1.807) is 27.4 Å². The van der Waals surface area contributed by atoms with Crippen molar-refractivity contribution in [3.63, 3.8) is 0 Å². The summed E-state index contributed by atoms with van der Waals surface area (Å²) in [5.74, 6) is 2.36. The number of rotatable bonds is 9. The largest absolute Gasteiger partial charge is 0.496 e. The van der Waals surface area contributed by atoms with Crippen molar-refractivity contribution in [1.29, 1.82) is 0 Å². The van der Waals surface area contributed by atoms with Crippen LogP contribution in [0.5, 0.6) is 17.2 Å². The molecule has 0 unspecified atom stereocenters. The fourth-order valence-electron chi connectivity index (χ4n) is 2.79. The highest BCUT2D eigenvalue weighted by Gasteiger charge is 2.12. The maximum absolute atomic E-state index is 5.97. The van der Waals surface area contributed by atoms with E-state index >= 15 is 0 Å². The number of ether oxygens (including phenoxy) is 4. The van der Waals surface area contributed by atoms with Crippen molar-refractivity contribution in [2.24, 2.45) is 10.7 Å². The summed E-state index contributed by atoms with van der Waals surface area (Å²) in [6.45, 7) is 5.87. The van der Waals surface area contributed by atoms with Crippen LogP contribution in [0.3, 0.4) is 0 Å². The summed E-state index contributed by atoms with van der Waals surface area (Å²) < 4.78 is 21.4. The maximum atomic E-state index is 5.97. The molecule has 0 spiro atoms. The second-order valence-corrected chi connectivity index (χ2v) is 5.95. The Labute approximate surface area is 155 Å². The molecule has 0 saturated carbocycles. The molecule has 8 nitrogen and oxygen atoms in total. The molecule has 8 heteroatoms. The highest BCUT2D eigenvalue weighted by atomic mass is 16.5. The van der Waals surface area contributed by atoms with Crippen molar-refractivity contribution in [2.45, 2.75) is 13.0 Å². The number of hydrogen-bond donors (Lipinski definition) is 2. The van der Waals surface area contributed by atoms with E-state index in [2.05, 4.69) is 15.2 Å². The number of morpholine rings is 1. The summed E-state index contributed by atoms with van der Waals surface area (Å²) in [6.07, 6.45) is 1.01. The van der Waals surface area contributed by atoms with Crippen molar-refractivity contribution < 1.29 is 18.9 Å². The van der Waals surface area contributed by atoms with Crippen LogP contribution >= 0.6 is 0 Å². The number of methoxy groups -OCH3 is 3. The van der Waals surface area contributed by atoms with Gasteiger partial charge in [-0.25, -0.2) is 4.99 Å². The molecule has 0 amide bonds. The zero-order chi connectivity index (χ0) is 18.8. The Kier molecular flexibility index (Phi) is 8.30. The molecule has 0 aromatic heterocycles. The molecule has 1 aromatic carbocycles. The van der Waals surface area contributed by atoms with E-state index in [1.807, 2.05) is 6.07 Å². The summed E-state index contributed by atoms with van der Waals surface area (Å²) >= 11 is 0. The summed E-state index contributed by atoms with van der Waals surface area (Å²) in [6, 6.07) is 3.64. The lowest BCUT2D eigenvalue weighted by Crippen LogP contribution is -2.39. The van der Waals surface area contributed by atoms with E-state index in [0.29, 0.717) is 29.8 Å². The van der Waals surface area contributed by atoms with Crippen LogP contribution in [-0.2, 0) is 11.3 Å². The average molecular weight is 366 g/mol. The first-order chi connectivity index (χ1) is 12.7. The van der Waals surface area contributed by atoms with Crippen molar-refractivity contribution in [3.8, 4) is 17.2 Å². The van der Waals surface area contributed by atoms with Crippen molar-refractivity contribution >= 4 is 5.96 Å². The third kappa shape index (κ3) is 5.96. The van der Waals surface area contributed by atoms with E-state index in [0.717, 1.165) is 51.4 Å². The topological polar surface area (TPSA) is 90.6 Å². The van der Waals surface area contributed by atoms with Gasteiger partial charge in [0.05, 0.1) is 41.1 Å². The predicted molar refractivity (Wildman–Crippen MR) is 101 cm³/mol. The van der Waals surface area contributed by atoms with E-state index in [1.165, 1.54) is 0 Å². The summed E-state index contributed by atoms with van der Waals surface area (Å²) in [5.41, 5.74) is 6.85. The quantitative estimate of drug-likeness (QED) is 0.380. The number of guanidine groups is 1. The van der Waals surface area contributed by atoms with Crippen LogP contribution in [0.4, 0.5) is 0 Å². The standard InChI is InChI=1S/C18H30N4O4/c1-23-15-12-17(25-3)16(24-2)11-14(15)13-21-18(19)20-5-4-6-22-7-9-26-10-8-22/h11-12H,4-10,13H2,1-3H3,(H3,19,20,21). The van der Waals surface area contributed by atoms with Crippen LogP contribution in [0.25, 0.3) is 0 Å². The van der Waals surface area contributed by atoms with E-state index in [4.69, 9.17) is 24.7 Å². The maximum Gasteiger partial charge on any atom is 0.188 e. The summed E-state index contributed by atoms with van der Waals surface area (Å²) in [7, 11) is 4.80. The van der Waals surface area contributed by atoms with E-state index in [9.17, 15) is 0 Å². The molecule has 0 bridgehead atoms. The monoisotopic (exact) mass is 366 g/mol. The van der Waals surface area contributed by atoms with Gasteiger partial charge in [0.1, 0.15) is 5.75 Å². The number of hydrogen-bond acceptors (Lipinski definition) is 6. The Bertz CT molecular complexity index is 589. The molecule has 1 aromatic rings. The molecule has 1 fully saturated rings. The molecule has 2 rings (SSSR count).